The Labute approximate surface area is 148 Å². The number of aromatic nitrogens is 4. The molecule has 0 amide bonds. The van der Waals surface area contributed by atoms with Crippen LogP contribution < -0.4 is 11.0 Å². The molecule has 0 spiro atoms. The minimum absolute atomic E-state index is 0.345. The molecule has 1 aromatic carbocycles. The highest BCUT2D eigenvalue weighted by Crippen LogP contribution is 2.23. The SMILES string of the molecule is C=Nc1n[nH]c(C#Cc2cc3ncn(C(C)C)c3cc2P)c1C(=C)N. The molecule has 0 aliphatic carbocycles. The summed E-state index contributed by atoms with van der Waals surface area (Å²) in [6.45, 7) is 11.5. The largest absolute Gasteiger partial charge is 0.399 e. The van der Waals surface area contributed by atoms with Crippen LogP contribution in [0.3, 0.4) is 0 Å². The quantitative estimate of drug-likeness (QED) is 0.432. The fraction of sp³-hybridized carbons (Fsp3) is 0.167. The second-order valence-electron chi connectivity index (χ2n) is 5.90. The first kappa shape index (κ1) is 16.9. The number of aliphatic imine (C=N–C) groups is 1. The molecule has 1 atom stereocenters. The molecule has 0 saturated heterocycles. The van der Waals surface area contributed by atoms with E-state index in [2.05, 4.69) is 79.0 Å². The summed E-state index contributed by atoms with van der Waals surface area (Å²) >= 11 is 0. The van der Waals surface area contributed by atoms with E-state index in [1.807, 2.05) is 12.4 Å². The number of imidazole rings is 1. The van der Waals surface area contributed by atoms with Crippen LogP contribution in [0.1, 0.15) is 36.7 Å². The maximum atomic E-state index is 5.81. The van der Waals surface area contributed by atoms with E-state index >= 15 is 0 Å². The molecule has 6 nitrogen and oxygen atoms in total. The molecule has 0 saturated carbocycles. The lowest BCUT2D eigenvalue weighted by molar-refractivity contribution is 0.617. The molecular formula is C18H19N6P. The van der Waals surface area contributed by atoms with E-state index in [1.165, 1.54) is 0 Å². The Morgan fingerprint density at radius 3 is 2.80 bits per heavy atom. The van der Waals surface area contributed by atoms with Gasteiger partial charge in [0.2, 0.25) is 0 Å². The zero-order valence-electron chi connectivity index (χ0n) is 14.2. The van der Waals surface area contributed by atoms with E-state index in [0.29, 0.717) is 28.8 Å². The number of fused-ring (bicyclic) bond motifs is 1. The summed E-state index contributed by atoms with van der Waals surface area (Å²) in [5.74, 6) is 6.60. The van der Waals surface area contributed by atoms with Crippen LogP contribution in [0.15, 0.2) is 30.0 Å². The van der Waals surface area contributed by atoms with Crippen LogP contribution in [0.25, 0.3) is 16.7 Å². The highest BCUT2D eigenvalue weighted by atomic mass is 31.0. The van der Waals surface area contributed by atoms with E-state index in [1.54, 1.807) is 0 Å². The number of benzene rings is 1. The summed E-state index contributed by atoms with van der Waals surface area (Å²) < 4.78 is 2.13. The summed E-state index contributed by atoms with van der Waals surface area (Å²) in [4.78, 5) is 8.30. The Morgan fingerprint density at radius 1 is 1.40 bits per heavy atom. The molecule has 1 unspecified atom stereocenters. The van der Waals surface area contributed by atoms with Crippen molar-refractivity contribution in [2.45, 2.75) is 19.9 Å². The summed E-state index contributed by atoms with van der Waals surface area (Å²) in [7, 11) is 2.72. The molecule has 2 aromatic heterocycles. The predicted molar refractivity (Wildman–Crippen MR) is 106 cm³/mol. The highest BCUT2D eigenvalue weighted by molar-refractivity contribution is 7.27. The Kier molecular flexibility index (Phi) is 4.43. The number of hydrogen-bond acceptors (Lipinski definition) is 4. The number of nitrogens with two attached hydrogens (primary N) is 1. The van der Waals surface area contributed by atoms with Gasteiger partial charge in [0.15, 0.2) is 5.82 Å². The van der Waals surface area contributed by atoms with Crippen LogP contribution in [0.4, 0.5) is 5.82 Å². The molecule has 2 heterocycles. The first-order chi connectivity index (χ1) is 11.9. The summed E-state index contributed by atoms with van der Waals surface area (Å²) in [6.07, 6.45) is 1.85. The molecule has 0 aliphatic rings. The van der Waals surface area contributed by atoms with Crippen LogP contribution in [-0.2, 0) is 0 Å². The third-order valence-electron chi connectivity index (χ3n) is 3.84. The summed E-state index contributed by atoms with van der Waals surface area (Å²) in [6, 6.07) is 4.40. The fourth-order valence-corrected chi connectivity index (χ4v) is 2.89. The van der Waals surface area contributed by atoms with Gasteiger partial charge in [-0.05, 0) is 43.9 Å². The van der Waals surface area contributed by atoms with Gasteiger partial charge in [-0.1, -0.05) is 12.5 Å². The Morgan fingerprint density at radius 2 is 2.16 bits per heavy atom. The van der Waals surface area contributed by atoms with Crippen molar-refractivity contribution in [2.75, 3.05) is 0 Å². The van der Waals surface area contributed by atoms with Crippen molar-refractivity contribution in [2.24, 2.45) is 10.7 Å². The number of hydrogen-bond donors (Lipinski definition) is 2. The van der Waals surface area contributed by atoms with E-state index in [0.717, 1.165) is 21.9 Å². The molecule has 7 heteroatoms. The second kappa shape index (κ2) is 6.54. The third-order valence-corrected chi connectivity index (χ3v) is 4.32. The normalized spacial score (nSPS) is 10.7. The van der Waals surface area contributed by atoms with Crippen molar-refractivity contribution in [3.05, 3.63) is 41.9 Å². The first-order valence-corrected chi connectivity index (χ1v) is 8.28. The smallest absolute Gasteiger partial charge is 0.183 e. The number of aromatic amines is 1. The highest BCUT2D eigenvalue weighted by Gasteiger charge is 2.12. The van der Waals surface area contributed by atoms with E-state index in [9.17, 15) is 0 Å². The van der Waals surface area contributed by atoms with Gasteiger partial charge < -0.3 is 10.3 Å². The lowest BCUT2D eigenvalue weighted by Crippen LogP contribution is -2.03. The molecule has 0 fully saturated rings. The lowest BCUT2D eigenvalue weighted by atomic mass is 10.1. The minimum Gasteiger partial charge on any atom is -0.399 e. The van der Waals surface area contributed by atoms with Crippen molar-refractivity contribution in [3.63, 3.8) is 0 Å². The molecule has 3 aromatic rings. The van der Waals surface area contributed by atoms with Gasteiger partial charge in [0.1, 0.15) is 5.69 Å². The molecule has 0 bridgehead atoms. The van der Waals surface area contributed by atoms with Gasteiger partial charge in [-0.2, -0.15) is 5.10 Å². The number of H-pyrrole nitrogens is 1. The lowest BCUT2D eigenvalue weighted by Gasteiger charge is -2.08. The number of nitrogens with one attached hydrogen (secondary N) is 1. The van der Waals surface area contributed by atoms with Gasteiger partial charge in [0.25, 0.3) is 0 Å². The Bertz CT molecular complexity index is 1040. The van der Waals surface area contributed by atoms with Crippen molar-refractivity contribution in [3.8, 4) is 11.8 Å². The zero-order chi connectivity index (χ0) is 18.1. The average molecular weight is 350 g/mol. The molecule has 0 aliphatic heterocycles. The first-order valence-electron chi connectivity index (χ1n) is 7.70. The maximum absolute atomic E-state index is 5.81. The zero-order valence-corrected chi connectivity index (χ0v) is 15.3. The number of rotatable bonds is 3. The standard InChI is InChI=1S/C18H19N6P/c1-10(2)24-9-21-14-7-12(16(25)8-15(14)24)5-6-13-17(11(3)19)18(20-4)23-22-13/h7-10H,3-4,19,25H2,1-2H3,(H,22,23). The van der Waals surface area contributed by atoms with Crippen LogP contribution in [0, 0.1) is 11.8 Å². The molecular weight excluding hydrogens is 331 g/mol. The van der Waals surface area contributed by atoms with Crippen LogP contribution in [0.5, 0.6) is 0 Å². The van der Waals surface area contributed by atoms with Crippen molar-refractivity contribution in [1.29, 1.82) is 0 Å². The summed E-state index contributed by atoms with van der Waals surface area (Å²) in [5.41, 5.74) is 10.2. The average Bonchev–Trinajstić information content (AvgIpc) is 3.15. The van der Waals surface area contributed by atoms with E-state index in [-0.39, 0.29) is 0 Å². The predicted octanol–water partition coefficient (Wildman–Crippen LogP) is 2.50. The van der Waals surface area contributed by atoms with Gasteiger partial charge in [0.05, 0.1) is 22.9 Å². The molecule has 3 N–H and O–H groups in total. The molecule has 25 heavy (non-hydrogen) atoms. The van der Waals surface area contributed by atoms with Gasteiger partial charge in [0, 0.05) is 17.3 Å². The van der Waals surface area contributed by atoms with Crippen molar-refractivity contribution < 1.29 is 0 Å². The van der Waals surface area contributed by atoms with Crippen molar-refractivity contribution in [1.82, 2.24) is 19.7 Å². The van der Waals surface area contributed by atoms with Crippen LogP contribution >= 0.6 is 9.24 Å². The Hall–Kier alpha value is -2.90. The topological polar surface area (TPSA) is 84.9 Å². The monoisotopic (exact) mass is 350 g/mol. The van der Waals surface area contributed by atoms with Gasteiger partial charge in [-0.15, -0.1) is 9.24 Å². The molecule has 3 rings (SSSR count). The van der Waals surface area contributed by atoms with Crippen LogP contribution in [0.2, 0.25) is 0 Å². The van der Waals surface area contributed by atoms with Crippen LogP contribution in [-0.4, -0.2) is 26.5 Å². The maximum Gasteiger partial charge on any atom is 0.183 e. The number of nitrogens with zero attached hydrogens (tertiary/aromatic N) is 4. The van der Waals surface area contributed by atoms with Gasteiger partial charge in [-0.25, -0.2) is 9.98 Å². The van der Waals surface area contributed by atoms with E-state index in [4.69, 9.17) is 5.73 Å². The molecule has 0 radical (unpaired) electrons. The fourth-order valence-electron chi connectivity index (χ4n) is 2.58. The minimum atomic E-state index is 0.345. The van der Waals surface area contributed by atoms with Gasteiger partial charge in [-0.3, -0.25) is 5.10 Å². The van der Waals surface area contributed by atoms with Crippen molar-refractivity contribution >= 4 is 43.8 Å². The van der Waals surface area contributed by atoms with Gasteiger partial charge >= 0.3 is 0 Å². The summed E-state index contributed by atoms with van der Waals surface area (Å²) in [5, 5.41) is 7.87. The molecule has 126 valence electrons. The second-order valence-corrected chi connectivity index (χ2v) is 6.53. The van der Waals surface area contributed by atoms with E-state index < -0.39 is 0 Å². The Balaban J connectivity index is 2.07. The third kappa shape index (κ3) is 3.07.